The van der Waals surface area contributed by atoms with Crippen molar-refractivity contribution in [2.45, 2.75) is 43.9 Å². The van der Waals surface area contributed by atoms with E-state index in [0.29, 0.717) is 12.0 Å². The summed E-state index contributed by atoms with van der Waals surface area (Å²) in [5.74, 6) is -0.265. The fourth-order valence-electron chi connectivity index (χ4n) is 2.45. The molecule has 0 aliphatic heterocycles. The quantitative estimate of drug-likeness (QED) is 0.413. The van der Waals surface area contributed by atoms with E-state index in [9.17, 15) is 18.1 Å². The number of para-hydroxylation sites is 2. The van der Waals surface area contributed by atoms with E-state index in [1.807, 2.05) is 0 Å². The third kappa shape index (κ3) is 6.67. The summed E-state index contributed by atoms with van der Waals surface area (Å²) in [6, 6.07) is 10.6. The van der Waals surface area contributed by atoms with Crippen molar-refractivity contribution < 1.29 is 74.2 Å². The molecule has 0 fully saturated rings. The van der Waals surface area contributed by atoms with E-state index in [0.717, 1.165) is 25.7 Å². The molecule has 130 valence electrons. The van der Waals surface area contributed by atoms with Crippen molar-refractivity contribution in [3.8, 4) is 17.2 Å². The third-order valence-corrected chi connectivity index (χ3v) is 4.60. The van der Waals surface area contributed by atoms with E-state index in [1.165, 1.54) is 24.3 Å². The summed E-state index contributed by atoms with van der Waals surface area (Å²) in [7, 11) is -4.42. The van der Waals surface area contributed by atoms with Crippen LogP contribution < -0.4 is 61.2 Å². The molecule has 7 heteroatoms. The molecule has 0 saturated carbocycles. The first-order valence-electron chi connectivity index (χ1n) is 7.96. The number of rotatable bonds is 8. The SMILES string of the molecule is CCCCCCc1cccc(Oc2ccccc2S(=O)(=O)O)c1[O-].[K+]. The van der Waals surface area contributed by atoms with E-state index in [2.05, 4.69) is 6.92 Å². The van der Waals surface area contributed by atoms with Crippen LogP contribution in [0.2, 0.25) is 0 Å². The minimum Gasteiger partial charge on any atom is -0.870 e. The molecule has 0 spiro atoms. The molecule has 2 aromatic rings. The van der Waals surface area contributed by atoms with Crippen LogP contribution >= 0.6 is 0 Å². The van der Waals surface area contributed by atoms with Gasteiger partial charge in [0.05, 0.1) is 0 Å². The summed E-state index contributed by atoms with van der Waals surface area (Å²) in [5, 5.41) is 12.5. The van der Waals surface area contributed by atoms with E-state index >= 15 is 0 Å². The predicted octanol–water partition coefficient (Wildman–Crippen LogP) is 0.926. The molecule has 0 bridgehead atoms. The second-order valence-corrected chi connectivity index (χ2v) is 6.97. The summed E-state index contributed by atoms with van der Waals surface area (Å²) < 4.78 is 37.5. The maximum absolute atomic E-state index is 12.5. The second-order valence-electron chi connectivity index (χ2n) is 5.58. The van der Waals surface area contributed by atoms with Crippen molar-refractivity contribution >= 4 is 10.1 Å². The first kappa shape index (κ1) is 22.6. The first-order chi connectivity index (χ1) is 11.4. The average molecular weight is 389 g/mol. The minimum atomic E-state index is -4.42. The van der Waals surface area contributed by atoms with Gasteiger partial charge in [0, 0.05) is 0 Å². The Kier molecular flexibility index (Phi) is 9.65. The fraction of sp³-hybridized carbons (Fsp3) is 0.333. The molecule has 0 atom stereocenters. The van der Waals surface area contributed by atoms with Crippen molar-refractivity contribution in [2.75, 3.05) is 0 Å². The molecule has 0 aliphatic carbocycles. The van der Waals surface area contributed by atoms with Gasteiger partial charge in [0.2, 0.25) is 0 Å². The zero-order valence-electron chi connectivity index (χ0n) is 14.6. The first-order valence-corrected chi connectivity index (χ1v) is 9.40. The van der Waals surface area contributed by atoms with Gasteiger partial charge in [0.25, 0.3) is 10.1 Å². The van der Waals surface area contributed by atoms with Crippen LogP contribution in [0.1, 0.15) is 38.2 Å². The Hall–Kier alpha value is -0.414. The number of unbranched alkanes of at least 4 members (excludes halogenated alkanes) is 3. The van der Waals surface area contributed by atoms with Gasteiger partial charge in [-0.25, -0.2) is 0 Å². The molecule has 0 unspecified atom stereocenters. The molecule has 0 aliphatic rings. The summed E-state index contributed by atoms with van der Waals surface area (Å²) in [6.07, 6.45) is 4.91. The van der Waals surface area contributed by atoms with Crippen LogP contribution in [0.4, 0.5) is 0 Å². The maximum atomic E-state index is 12.5. The standard InChI is InChI=1S/C18H22O5S.K/c1-2-3-4-5-9-14-10-8-12-16(18(14)19)23-15-11-6-7-13-17(15)24(20,21)22;/h6-8,10-13,19H,2-5,9H2,1H3,(H,20,21,22);/q;+1/p-1. The van der Waals surface area contributed by atoms with Gasteiger partial charge in [0.15, 0.2) is 0 Å². The van der Waals surface area contributed by atoms with Gasteiger partial charge in [-0.15, -0.1) is 0 Å². The Bertz CT molecular complexity index is 790. The van der Waals surface area contributed by atoms with E-state index < -0.39 is 10.1 Å². The minimum absolute atomic E-state index is 0. The Morgan fingerprint density at radius 2 is 1.68 bits per heavy atom. The zero-order chi connectivity index (χ0) is 17.6. The van der Waals surface area contributed by atoms with Gasteiger partial charge < -0.3 is 9.84 Å². The number of aryl methyl sites for hydroxylation is 1. The molecule has 2 aromatic carbocycles. The molecule has 5 nitrogen and oxygen atoms in total. The second kappa shape index (κ2) is 10.7. The monoisotopic (exact) mass is 388 g/mol. The summed E-state index contributed by atoms with van der Waals surface area (Å²) in [6.45, 7) is 2.13. The van der Waals surface area contributed by atoms with Crippen molar-refractivity contribution in [1.29, 1.82) is 0 Å². The Morgan fingerprint density at radius 1 is 1.00 bits per heavy atom. The molecular weight excluding hydrogens is 367 g/mol. The Labute approximate surface area is 191 Å². The van der Waals surface area contributed by atoms with Crippen LogP contribution in [0.5, 0.6) is 17.2 Å². The molecule has 0 saturated heterocycles. The van der Waals surface area contributed by atoms with Crippen LogP contribution in [0, 0.1) is 0 Å². The van der Waals surface area contributed by atoms with Gasteiger partial charge in [0.1, 0.15) is 16.4 Å². The van der Waals surface area contributed by atoms with Crippen LogP contribution in [-0.4, -0.2) is 13.0 Å². The van der Waals surface area contributed by atoms with Crippen LogP contribution in [0.3, 0.4) is 0 Å². The molecular formula is C18H21KO5S. The van der Waals surface area contributed by atoms with Crippen molar-refractivity contribution in [3.63, 3.8) is 0 Å². The number of hydrogen-bond donors (Lipinski definition) is 1. The van der Waals surface area contributed by atoms with Gasteiger partial charge in [-0.3, -0.25) is 4.55 Å². The van der Waals surface area contributed by atoms with Gasteiger partial charge >= 0.3 is 51.4 Å². The summed E-state index contributed by atoms with van der Waals surface area (Å²) in [5.41, 5.74) is 0.646. The zero-order valence-corrected chi connectivity index (χ0v) is 18.5. The van der Waals surface area contributed by atoms with E-state index in [1.54, 1.807) is 18.2 Å². The third-order valence-electron chi connectivity index (χ3n) is 3.71. The normalized spacial score (nSPS) is 11.0. The van der Waals surface area contributed by atoms with Crippen molar-refractivity contribution in [3.05, 3.63) is 48.0 Å². The summed E-state index contributed by atoms with van der Waals surface area (Å²) >= 11 is 0. The molecule has 2 rings (SSSR count). The van der Waals surface area contributed by atoms with Crippen molar-refractivity contribution in [1.82, 2.24) is 0 Å². The molecule has 0 aromatic heterocycles. The number of ether oxygens (including phenoxy) is 1. The van der Waals surface area contributed by atoms with Crippen LogP contribution in [0.15, 0.2) is 47.4 Å². The summed E-state index contributed by atoms with van der Waals surface area (Å²) in [4.78, 5) is -0.363. The molecule has 1 N–H and O–H groups in total. The smallest absolute Gasteiger partial charge is 0.870 e. The Morgan fingerprint density at radius 3 is 2.36 bits per heavy atom. The maximum Gasteiger partial charge on any atom is 1.00 e. The van der Waals surface area contributed by atoms with Gasteiger partial charge in [-0.1, -0.05) is 61.8 Å². The molecule has 0 amide bonds. The number of benzene rings is 2. The van der Waals surface area contributed by atoms with Gasteiger partial charge in [-0.2, -0.15) is 8.42 Å². The van der Waals surface area contributed by atoms with Crippen LogP contribution in [-0.2, 0) is 16.5 Å². The van der Waals surface area contributed by atoms with Gasteiger partial charge in [-0.05, 0) is 31.0 Å². The molecule has 0 heterocycles. The topological polar surface area (TPSA) is 86.7 Å². The van der Waals surface area contributed by atoms with E-state index in [-0.39, 0.29) is 73.5 Å². The predicted molar refractivity (Wildman–Crippen MR) is 90.1 cm³/mol. The molecule has 0 radical (unpaired) electrons. The largest absolute Gasteiger partial charge is 1.00 e. The van der Waals surface area contributed by atoms with Crippen LogP contribution in [0.25, 0.3) is 0 Å². The average Bonchev–Trinajstić information content (AvgIpc) is 2.54. The molecule has 25 heavy (non-hydrogen) atoms. The fourth-order valence-corrected chi connectivity index (χ4v) is 3.06. The number of hydrogen-bond acceptors (Lipinski definition) is 4. The van der Waals surface area contributed by atoms with E-state index in [4.69, 9.17) is 4.74 Å². The Balaban J connectivity index is 0.00000312. The van der Waals surface area contributed by atoms with Crippen molar-refractivity contribution in [2.24, 2.45) is 0 Å².